The van der Waals surface area contributed by atoms with Gasteiger partial charge in [0.2, 0.25) is 0 Å². The highest BCUT2D eigenvalue weighted by Gasteiger charge is 2.18. The first-order valence-electron chi connectivity index (χ1n) is 7.84. The van der Waals surface area contributed by atoms with E-state index >= 15 is 0 Å². The van der Waals surface area contributed by atoms with Gasteiger partial charge >= 0.3 is 0 Å². The molecule has 1 amide bonds. The number of carbonyl (C=O) groups excluding carboxylic acids is 1. The van der Waals surface area contributed by atoms with Crippen molar-refractivity contribution in [3.8, 4) is 5.69 Å². The van der Waals surface area contributed by atoms with Gasteiger partial charge in [0.15, 0.2) is 0 Å². The summed E-state index contributed by atoms with van der Waals surface area (Å²) in [6.45, 7) is 1.91. The van der Waals surface area contributed by atoms with Crippen molar-refractivity contribution in [2.24, 2.45) is 0 Å². The van der Waals surface area contributed by atoms with E-state index in [4.69, 9.17) is 11.6 Å². The number of halogens is 2. The second kappa shape index (κ2) is 6.55. The van der Waals surface area contributed by atoms with Crippen molar-refractivity contribution in [2.45, 2.75) is 6.92 Å². The van der Waals surface area contributed by atoms with E-state index in [1.165, 1.54) is 29.5 Å². The number of carbonyl (C=O) groups is 1. The lowest BCUT2D eigenvalue weighted by Crippen LogP contribution is -2.10. The zero-order chi connectivity index (χ0) is 18.3. The fourth-order valence-corrected chi connectivity index (χ4v) is 3.97. The number of nitrogens with one attached hydrogen (secondary N) is 1. The molecule has 26 heavy (non-hydrogen) atoms. The summed E-state index contributed by atoms with van der Waals surface area (Å²) in [5, 5.41) is 8.37. The van der Waals surface area contributed by atoms with Crippen LogP contribution in [0.1, 0.15) is 15.4 Å². The molecule has 4 nitrogen and oxygen atoms in total. The predicted octanol–water partition coefficient (Wildman–Crippen LogP) is 5.44. The molecule has 0 aliphatic carbocycles. The zero-order valence-corrected chi connectivity index (χ0v) is 15.2. The summed E-state index contributed by atoms with van der Waals surface area (Å²) in [5.41, 5.74) is 2.15. The highest BCUT2D eigenvalue weighted by atomic mass is 35.5. The number of thiophene rings is 1. The van der Waals surface area contributed by atoms with Crippen molar-refractivity contribution >= 4 is 44.7 Å². The molecule has 2 heterocycles. The van der Waals surface area contributed by atoms with Crippen molar-refractivity contribution in [1.29, 1.82) is 0 Å². The molecule has 0 radical (unpaired) electrons. The molecule has 4 aromatic rings. The Bertz CT molecular complexity index is 1120. The third-order valence-electron chi connectivity index (χ3n) is 3.95. The minimum absolute atomic E-state index is 0.158. The molecule has 0 saturated heterocycles. The molecule has 0 aliphatic heterocycles. The summed E-state index contributed by atoms with van der Waals surface area (Å²) in [4.78, 5) is 14.0. The van der Waals surface area contributed by atoms with Crippen LogP contribution in [0.4, 0.5) is 10.1 Å². The highest BCUT2D eigenvalue weighted by molar-refractivity contribution is 7.20. The first-order valence-corrected chi connectivity index (χ1v) is 9.03. The molecule has 0 atom stereocenters. The van der Waals surface area contributed by atoms with Gasteiger partial charge in [-0.15, -0.1) is 11.3 Å². The molecule has 0 saturated carbocycles. The molecule has 7 heteroatoms. The molecule has 0 unspecified atom stereocenters. The van der Waals surface area contributed by atoms with Crippen molar-refractivity contribution < 1.29 is 9.18 Å². The first-order chi connectivity index (χ1) is 12.5. The van der Waals surface area contributed by atoms with E-state index in [0.29, 0.717) is 10.6 Å². The van der Waals surface area contributed by atoms with Crippen LogP contribution in [-0.2, 0) is 0 Å². The van der Waals surface area contributed by atoms with Crippen LogP contribution < -0.4 is 5.32 Å². The molecule has 0 bridgehead atoms. The van der Waals surface area contributed by atoms with Gasteiger partial charge in [0, 0.05) is 5.39 Å². The average Bonchev–Trinajstić information content (AvgIpc) is 3.19. The van der Waals surface area contributed by atoms with Gasteiger partial charge in [-0.3, -0.25) is 4.79 Å². The molecule has 2 aromatic heterocycles. The third kappa shape index (κ3) is 2.98. The third-order valence-corrected chi connectivity index (χ3v) is 5.37. The number of hydrogen-bond donors (Lipinski definition) is 1. The van der Waals surface area contributed by atoms with Crippen molar-refractivity contribution in [3.63, 3.8) is 0 Å². The fraction of sp³-hybridized carbons (Fsp3) is 0.0526. The second-order valence-electron chi connectivity index (χ2n) is 5.74. The molecule has 0 fully saturated rings. The molecule has 130 valence electrons. The maximum absolute atomic E-state index is 13.2. The average molecular weight is 386 g/mol. The van der Waals surface area contributed by atoms with Gasteiger partial charge in [0.1, 0.15) is 10.6 Å². The van der Waals surface area contributed by atoms with E-state index in [-0.39, 0.29) is 10.9 Å². The molecule has 0 spiro atoms. The summed E-state index contributed by atoms with van der Waals surface area (Å²) in [5.74, 6) is -0.743. The minimum Gasteiger partial charge on any atom is -0.320 e. The van der Waals surface area contributed by atoms with Crippen LogP contribution in [0, 0.1) is 12.7 Å². The number of rotatable bonds is 3. The summed E-state index contributed by atoms with van der Waals surface area (Å²) in [6.07, 6.45) is 0. The lowest BCUT2D eigenvalue weighted by molar-refractivity contribution is 0.103. The van der Waals surface area contributed by atoms with Crippen LogP contribution >= 0.6 is 22.9 Å². The van der Waals surface area contributed by atoms with Crippen LogP contribution in [-0.4, -0.2) is 15.7 Å². The van der Waals surface area contributed by atoms with Crippen LogP contribution in [0.5, 0.6) is 0 Å². The molecule has 0 aliphatic rings. The Morgan fingerprint density at radius 1 is 1.19 bits per heavy atom. The SMILES string of the molecule is Cc1nn(-c2ccccc2)c2sc(C(=O)Nc3ccc(F)cc3Cl)cc12. The van der Waals surface area contributed by atoms with Gasteiger partial charge < -0.3 is 5.32 Å². The second-order valence-corrected chi connectivity index (χ2v) is 7.18. The Hall–Kier alpha value is -2.70. The van der Waals surface area contributed by atoms with E-state index in [2.05, 4.69) is 10.4 Å². The van der Waals surface area contributed by atoms with Crippen molar-refractivity contribution in [2.75, 3.05) is 5.32 Å². The van der Waals surface area contributed by atoms with Crippen molar-refractivity contribution in [3.05, 3.63) is 76.0 Å². The zero-order valence-electron chi connectivity index (χ0n) is 13.7. The normalized spacial score (nSPS) is 11.0. The number of hydrogen-bond acceptors (Lipinski definition) is 3. The van der Waals surface area contributed by atoms with E-state index in [1.54, 1.807) is 0 Å². The number of aryl methyl sites for hydroxylation is 1. The van der Waals surface area contributed by atoms with Crippen LogP contribution in [0.15, 0.2) is 54.6 Å². The number of nitrogens with zero attached hydrogens (tertiary/aromatic N) is 2. The Kier molecular flexibility index (Phi) is 4.22. The number of benzene rings is 2. The summed E-state index contributed by atoms with van der Waals surface area (Å²) in [6, 6.07) is 15.4. The summed E-state index contributed by atoms with van der Waals surface area (Å²) in [7, 11) is 0. The lowest BCUT2D eigenvalue weighted by Gasteiger charge is -2.06. The minimum atomic E-state index is -0.451. The van der Waals surface area contributed by atoms with Gasteiger partial charge in [-0.2, -0.15) is 5.10 Å². The maximum atomic E-state index is 13.2. The standard InChI is InChI=1S/C19H13ClFN3OS/c1-11-14-10-17(18(25)22-16-8-7-12(21)9-15(16)20)26-19(14)24(23-11)13-5-3-2-4-6-13/h2-10H,1H3,(H,22,25). The van der Waals surface area contributed by atoms with Crippen LogP contribution in [0.2, 0.25) is 5.02 Å². The van der Waals surface area contributed by atoms with Crippen LogP contribution in [0.3, 0.4) is 0 Å². The van der Waals surface area contributed by atoms with Gasteiger partial charge in [-0.05, 0) is 43.3 Å². The predicted molar refractivity (Wildman–Crippen MR) is 103 cm³/mol. The Labute approximate surface area is 157 Å². The monoisotopic (exact) mass is 385 g/mol. The topological polar surface area (TPSA) is 46.9 Å². The van der Waals surface area contributed by atoms with E-state index in [0.717, 1.165) is 21.6 Å². The van der Waals surface area contributed by atoms with Gasteiger partial charge in [-0.25, -0.2) is 9.07 Å². The molecule has 1 N–H and O–H groups in total. The number of anilines is 1. The number of aromatic nitrogens is 2. The van der Waals surface area contributed by atoms with E-state index in [9.17, 15) is 9.18 Å². The molecular formula is C19H13ClFN3OS. The molecule has 2 aromatic carbocycles. The Balaban J connectivity index is 1.70. The lowest BCUT2D eigenvalue weighted by atomic mass is 10.2. The van der Waals surface area contributed by atoms with E-state index < -0.39 is 5.82 Å². The van der Waals surface area contributed by atoms with E-state index in [1.807, 2.05) is 48.0 Å². The first kappa shape index (κ1) is 16.8. The fourth-order valence-electron chi connectivity index (χ4n) is 2.68. The van der Waals surface area contributed by atoms with Gasteiger partial charge in [-0.1, -0.05) is 29.8 Å². The Morgan fingerprint density at radius 2 is 1.96 bits per heavy atom. The van der Waals surface area contributed by atoms with Crippen LogP contribution in [0.25, 0.3) is 15.9 Å². The smallest absolute Gasteiger partial charge is 0.265 e. The van der Waals surface area contributed by atoms with Gasteiger partial charge in [0.05, 0.1) is 27.0 Å². The summed E-state index contributed by atoms with van der Waals surface area (Å²) >= 11 is 7.33. The number of fused-ring (bicyclic) bond motifs is 1. The van der Waals surface area contributed by atoms with Gasteiger partial charge in [0.25, 0.3) is 5.91 Å². The molecular weight excluding hydrogens is 373 g/mol. The largest absolute Gasteiger partial charge is 0.320 e. The quantitative estimate of drug-likeness (QED) is 0.510. The highest BCUT2D eigenvalue weighted by Crippen LogP contribution is 2.31. The van der Waals surface area contributed by atoms with Crippen molar-refractivity contribution in [1.82, 2.24) is 9.78 Å². The summed E-state index contributed by atoms with van der Waals surface area (Å²) < 4.78 is 15.0. The molecule has 4 rings (SSSR count). The number of para-hydroxylation sites is 1. The Morgan fingerprint density at radius 3 is 2.69 bits per heavy atom. The number of amides is 1. The maximum Gasteiger partial charge on any atom is 0.265 e.